The largest absolute Gasteiger partial charge is 0.309 e. The Hall–Kier alpha value is -7.20. The van der Waals surface area contributed by atoms with Gasteiger partial charge in [-0.25, -0.2) is 0 Å². The molecular formula is C57H40N2S. The quantitative estimate of drug-likeness (QED) is 0.163. The third-order valence-corrected chi connectivity index (χ3v) is 13.9. The van der Waals surface area contributed by atoms with Crippen molar-refractivity contribution >= 4 is 70.4 Å². The van der Waals surface area contributed by atoms with Crippen molar-refractivity contribution in [1.82, 2.24) is 4.57 Å². The molecule has 0 unspecified atom stereocenters. The second-order valence-corrected chi connectivity index (χ2v) is 17.6. The lowest BCUT2D eigenvalue weighted by molar-refractivity contribution is 0.661. The predicted octanol–water partition coefficient (Wildman–Crippen LogP) is 16.3. The molecule has 0 aliphatic heterocycles. The van der Waals surface area contributed by atoms with Crippen LogP contribution in [0.2, 0.25) is 0 Å². The molecule has 2 aromatic heterocycles. The van der Waals surface area contributed by atoms with Gasteiger partial charge in [-0.05, 0) is 112 Å². The third kappa shape index (κ3) is 5.26. The van der Waals surface area contributed by atoms with Crippen LogP contribution >= 0.6 is 11.3 Å². The van der Waals surface area contributed by atoms with Gasteiger partial charge in [0.25, 0.3) is 0 Å². The number of rotatable bonds is 6. The van der Waals surface area contributed by atoms with Crippen molar-refractivity contribution in [3.8, 4) is 39.1 Å². The zero-order chi connectivity index (χ0) is 40.0. The summed E-state index contributed by atoms with van der Waals surface area (Å²) in [4.78, 5) is 2.46. The molecule has 0 fully saturated rings. The van der Waals surface area contributed by atoms with Gasteiger partial charge in [0.1, 0.15) is 0 Å². The lowest BCUT2D eigenvalue weighted by Crippen LogP contribution is -2.14. The van der Waals surface area contributed by atoms with E-state index in [1.54, 1.807) is 0 Å². The Morgan fingerprint density at radius 1 is 0.417 bits per heavy atom. The average Bonchev–Trinajstić information content (AvgIpc) is 3.92. The molecule has 0 atom stereocenters. The zero-order valence-electron chi connectivity index (χ0n) is 33.4. The van der Waals surface area contributed by atoms with Gasteiger partial charge >= 0.3 is 0 Å². The summed E-state index contributed by atoms with van der Waals surface area (Å²) in [5.74, 6) is 0. The molecule has 2 heterocycles. The number of aromatic nitrogens is 1. The molecule has 1 aliphatic carbocycles. The molecule has 60 heavy (non-hydrogen) atoms. The fraction of sp³-hybridized carbons (Fsp3) is 0.0526. The third-order valence-electron chi connectivity index (χ3n) is 12.8. The van der Waals surface area contributed by atoms with Crippen molar-refractivity contribution in [3.63, 3.8) is 0 Å². The first-order valence-corrected chi connectivity index (χ1v) is 21.6. The van der Waals surface area contributed by atoms with E-state index in [2.05, 4.69) is 230 Å². The maximum absolute atomic E-state index is 2.46. The van der Waals surface area contributed by atoms with E-state index in [-0.39, 0.29) is 5.41 Å². The Kier molecular flexibility index (Phi) is 7.79. The summed E-state index contributed by atoms with van der Waals surface area (Å²) >= 11 is 1.86. The van der Waals surface area contributed by atoms with Crippen molar-refractivity contribution in [1.29, 1.82) is 0 Å². The van der Waals surface area contributed by atoms with Crippen LogP contribution in [0.1, 0.15) is 25.0 Å². The van der Waals surface area contributed by atoms with Crippen LogP contribution in [-0.2, 0) is 5.41 Å². The molecule has 284 valence electrons. The number of hydrogen-bond donors (Lipinski definition) is 0. The van der Waals surface area contributed by atoms with E-state index in [1.165, 1.54) is 97.9 Å². The Balaban J connectivity index is 1.04. The highest BCUT2D eigenvalue weighted by Gasteiger charge is 2.36. The van der Waals surface area contributed by atoms with Crippen LogP contribution in [0.4, 0.5) is 17.1 Å². The molecule has 9 aromatic carbocycles. The average molecular weight is 785 g/mol. The normalized spacial score (nSPS) is 13.0. The van der Waals surface area contributed by atoms with Crippen LogP contribution in [0, 0.1) is 0 Å². The molecule has 0 radical (unpaired) electrons. The summed E-state index contributed by atoms with van der Waals surface area (Å²) in [6, 6.07) is 76.0. The van der Waals surface area contributed by atoms with Crippen molar-refractivity contribution in [3.05, 3.63) is 217 Å². The van der Waals surface area contributed by atoms with E-state index < -0.39 is 0 Å². The van der Waals surface area contributed by atoms with E-state index in [9.17, 15) is 0 Å². The second-order valence-electron chi connectivity index (χ2n) is 16.5. The van der Waals surface area contributed by atoms with Crippen molar-refractivity contribution in [2.24, 2.45) is 0 Å². The maximum atomic E-state index is 2.46. The Bertz CT molecular complexity index is 3450. The first kappa shape index (κ1) is 34.8. The first-order chi connectivity index (χ1) is 29.5. The molecule has 0 amide bonds. The Morgan fingerprint density at radius 2 is 1.07 bits per heavy atom. The van der Waals surface area contributed by atoms with Crippen molar-refractivity contribution in [2.75, 3.05) is 4.90 Å². The zero-order valence-corrected chi connectivity index (χ0v) is 34.2. The standard InChI is InChI=1S/C57H40N2S/c1-57(2)48-23-12-9-21-43(48)45-35-47-46-34-39(30-33-51(46)59(53(47)36-49(45)57)40-18-7-4-8-19-40)37-28-31-41(32-29-37)58(50-24-13-10-20-42(50)38-16-5-3-6-17-38)52-25-15-27-55-56(52)44-22-11-14-26-54(44)60-55/h3-36H,1-2H3. The van der Waals surface area contributed by atoms with Crippen LogP contribution in [0.15, 0.2) is 206 Å². The van der Waals surface area contributed by atoms with Gasteiger partial charge < -0.3 is 9.47 Å². The SMILES string of the molecule is CC1(C)c2ccccc2-c2cc3c4cc(-c5ccc(N(c6ccccc6-c6ccccc6)c6cccc7sc8ccccc8c67)cc5)ccc4n(-c4ccccc4)c3cc21. The molecule has 0 saturated heterocycles. The van der Waals surface area contributed by atoms with E-state index in [0.29, 0.717) is 0 Å². The number of para-hydroxylation sites is 2. The van der Waals surface area contributed by atoms with Crippen molar-refractivity contribution < 1.29 is 0 Å². The number of hydrogen-bond acceptors (Lipinski definition) is 2. The predicted molar refractivity (Wildman–Crippen MR) is 257 cm³/mol. The number of anilines is 3. The molecule has 0 saturated carbocycles. The minimum absolute atomic E-state index is 0.0808. The lowest BCUT2D eigenvalue weighted by atomic mass is 9.82. The summed E-state index contributed by atoms with van der Waals surface area (Å²) in [6.07, 6.45) is 0. The van der Waals surface area contributed by atoms with Gasteiger partial charge in [0.2, 0.25) is 0 Å². The van der Waals surface area contributed by atoms with E-state index >= 15 is 0 Å². The number of thiophene rings is 1. The van der Waals surface area contributed by atoms with Crippen LogP contribution < -0.4 is 4.90 Å². The fourth-order valence-corrected chi connectivity index (χ4v) is 11.1. The van der Waals surface area contributed by atoms with Crippen LogP contribution in [0.25, 0.3) is 81.0 Å². The van der Waals surface area contributed by atoms with E-state index in [0.717, 1.165) is 11.4 Å². The van der Waals surface area contributed by atoms with Gasteiger partial charge in [-0.15, -0.1) is 11.3 Å². The smallest absolute Gasteiger partial charge is 0.0555 e. The molecule has 0 spiro atoms. The lowest BCUT2D eigenvalue weighted by Gasteiger charge is -2.29. The van der Waals surface area contributed by atoms with Crippen molar-refractivity contribution in [2.45, 2.75) is 19.3 Å². The summed E-state index contributed by atoms with van der Waals surface area (Å²) in [6.45, 7) is 4.73. The first-order valence-electron chi connectivity index (χ1n) is 20.8. The second kappa shape index (κ2) is 13.4. The molecule has 1 aliphatic rings. The summed E-state index contributed by atoms with van der Waals surface area (Å²) < 4.78 is 5.04. The van der Waals surface area contributed by atoms with Gasteiger partial charge in [-0.3, -0.25) is 0 Å². The molecule has 2 nitrogen and oxygen atoms in total. The van der Waals surface area contributed by atoms with Crippen LogP contribution in [0.3, 0.4) is 0 Å². The summed E-state index contributed by atoms with van der Waals surface area (Å²) in [7, 11) is 0. The van der Waals surface area contributed by atoms with Gasteiger partial charge in [0, 0.05) is 53.3 Å². The highest BCUT2D eigenvalue weighted by atomic mass is 32.1. The Morgan fingerprint density at radius 3 is 1.90 bits per heavy atom. The molecule has 0 N–H and O–H groups in total. The van der Waals surface area contributed by atoms with Gasteiger partial charge in [-0.1, -0.05) is 147 Å². The number of benzene rings is 9. The van der Waals surface area contributed by atoms with Gasteiger partial charge in [0.15, 0.2) is 0 Å². The monoisotopic (exact) mass is 784 g/mol. The topological polar surface area (TPSA) is 8.17 Å². The summed E-state index contributed by atoms with van der Waals surface area (Å²) in [5.41, 5.74) is 17.2. The minimum atomic E-state index is -0.0808. The highest BCUT2D eigenvalue weighted by molar-refractivity contribution is 7.26. The van der Waals surface area contributed by atoms with Crippen LogP contribution in [0.5, 0.6) is 0 Å². The Labute approximate surface area is 353 Å². The van der Waals surface area contributed by atoms with E-state index in [4.69, 9.17) is 0 Å². The highest BCUT2D eigenvalue weighted by Crippen LogP contribution is 2.52. The molecule has 3 heteroatoms. The molecule has 0 bridgehead atoms. The molecular weight excluding hydrogens is 745 g/mol. The fourth-order valence-electron chi connectivity index (χ4n) is 9.93. The maximum Gasteiger partial charge on any atom is 0.0555 e. The number of nitrogens with zero attached hydrogens (tertiary/aromatic N) is 2. The molecule has 11 aromatic rings. The number of fused-ring (bicyclic) bond motifs is 9. The minimum Gasteiger partial charge on any atom is -0.309 e. The van der Waals surface area contributed by atoms with Gasteiger partial charge in [0.05, 0.1) is 22.4 Å². The van der Waals surface area contributed by atoms with Gasteiger partial charge in [-0.2, -0.15) is 0 Å². The molecule has 12 rings (SSSR count). The summed E-state index contributed by atoms with van der Waals surface area (Å²) in [5, 5.41) is 5.10. The van der Waals surface area contributed by atoms with E-state index in [1.807, 2.05) is 11.3 Å². The van der Waals surface area contributed by atoms with Crippen LogP contribution in [-0.4, -0.2) is 4.57 Å².